The van der Waals surface area contributed by atoms with E-state index >= 15 is 0 Å². The van der Waals surface area contributed by atoms with Crippen LogP contribution in [0.3, 0.4) is 0 Å². The minimum atomic E-state index is -0.867. The summed E-state index contributed by atoms with van der Waals surface area (Å²) in [5.41, 5.74) is 6.36. The van der Waals surface area contributed by atoms with Gasteiger partial charge in [0.25, 0.3) is 0 Å². The molecule has 3 rings (SSSR count). The second-order valence-corrected chi connectivity index (χ2v) is 7.11. The van der Waals surface area contributed by atoms with Gasteiger partial charge in [0.1, 0.15) is 5.54 Å². The third kappa shape index (κ3) is 3.03. The molecule has 136 valence electrons. The van der Waals surface area contributed by atoms with Crippen LogP contribution in [0.2, 0.25) is 0 Å². The Morgan fingerprint density at radius 2 is 2.17 bits per heavy atom. The molecule has 2 aliphatic rings. The average molecular weight is 376 g/mol. The van der Waals surface area contributed by atoms with Crippen molar-refractivity contribution in [1.82, 2.24) is 10.3 Å². The molecule has 1 amide bonds. The molecule has 0 aromatic carbocycles. The van der Waals surface area contributed by atoms with Crippen molar-refractivity contribution in [3.63, 3.8) is 0 Å². The van der Waals surface area contributed by atoms with Crippen molar-refractivity contribution in [2.75, 3.05) is 6.61 Å². The van der Waals surface area contributed by atoms with Crippen molar-refractivity contribution in [2.45, 2.75) is 51.3 Å². The van der Waals surface area contributed by atoms with Crippen molar-refractivity contribution in [3.8, 4) is 0 Å². The van der Waals surface area contributed by atoms with Crippen molar-refractivity contribution in [2.24, 2.45) is 17.1 Å². The van der Waals surface area contributed by atoms with E-state index in [0.29, 0.717) is 0 Å². The fraction of sp³-hybridized carbons (Fsp3) is 0.647. The van der Waals surface area contributed by atoms with Crippen molar-refractivity contribution in [1.29, 1.82) is 0 Å². The zero-order valence-corrected chi connectivity index (χ0v) is 16.0. The molecule has 1 aliphatic heterocycles. The van der Waals surface area contributed by atoms with E-state index in [1.54, 1.807) is 12.4 Å². The maximum atomic E-state index is 12.9. The van der Waals surface area contributed by atoms with E-state index in [-0.39, 0.29) is 54.2 Å². The van der Waals surface area contributed by atoms with Gasteiger partial charge in [-0.25, -0.2) is 0 Å². The summed E-state index contributed by atoms with van der Waals surface area (Å²) in [6.07, 6.45) is 5.51. The quantitative estimate of drug-likeness (QED) is 0.850. The number of fused-ring (bicyclic) bond motifs is 1. The highest BCUT2D eigenvalue weighted by atomic mass is 35.5. The van der Waals surface area contributed by atoms with E-state index in [1.165, 1.54) is 0 Å². The number of nitrogens with two attached hydrogens (primary N) is 1. The summed E-state index contributed by atoms with van der Waals surface area (Å²) in [6, 6.07) is 3.72. The Morgan fingerprint density at radius 3 is 2.79 bits per heavy atom. The molecule has 0 bridgehead atoms. The van der Waals surface area contributed by atoms with E-state index in [4.69, 9.17) is 10.5 Å². The fourth-order valence-corrected chi connectivity index (χ4v) is 4.07. The van der Waals surface area contributed by atoms with Crippen LogP contribution in [0.15, 0.2) is 24.5 Å². The Bertz CT molecular complexity index is 570. The molecule has 1 saturated heterocycles. The van der Waals surface area contributed by atoms with Crippen LogP contribution in [0.5, 0.6) is 0 Å². The second-order valence-electron chi connectivity index (χ2n) is 7.11. The van der Waals surface area contributed by atoms with Crippen LogP contribution in [0, 0.1) is 11.3 Å². The largest absolute Gasteiger partial charge is 0.377 e. The SMILES string of the molecule is C[C@H](NC(=O)C1(N)C2CCCOC2C1(C)C)c1cccnc1.Cl.Cl. The molecule has 24 heavy (non-hydrogen) atoms. The van der Waals surface area contributed by atoms with Gasteiger partial charge in [0.05, 0.1) is 12.1 Å². The van der Waals surface area contributed by atoms with Gasteiger partial charge in [-0.15, -0.1) is 24.8 Å². The maximum Gasteiger partial charge on any atom is 0.241 e. The topological polar surface area (TPSA) is 77.2 Å². The zero-order valence-electron chi connectivity index (χ0n) is 14.3. The number of nitrogens with one attached hydrogen (secondary N) is 1. The van der Waals surface area contributed by atoms with Gasteiger partial charge in [-0.05, 0) is 31.4 Å². The Balaban J connectivity index is 0.00000144. The van der Waals surface area contributed by atoms with Crippen molar-refractivity contribution >= 4 is 30.7 Å². The molecule has 3 unspecified atom stereocenters. The van der Waals surface area contributed by atoms with Crippen LogP contribution >= 0.6 is 24.8 Å². The van der Waals surface area contributed by atoms with Gasteiger partial charge in [0.2, 0.25) is 5.91 Å². The van der Waals surface area contributed by atoms with Gasteiger partial charge in [0.15, 0.2) is 0 Å². The number of halogens is 2. The molecular formula is C17H27Cl2N3O2. The first-order valence-corrected chi connectivity index (χ1v) is 8.00. The third-order valence-electron chi connectivity index (χ3n) is 5.59. The predicted octanol–water partition coefficient (Wildman–Crippen LogP) is 2.63. The smallest absolute Gasteiger partial charge is 0.241 e. The van der Waals surface area contributed by atoms with Crippen LogP contribution in [0.4, 0.5) is 0 Å². The highest BCUT2D eigenvalue weighted by molar-refractivity contribution is 5.89. The normalized spacial score (nSPS) is 31.3. The molecular weight excluding hydrogens is 349 g/mol. The summed E-state index contributed by atoms with van der Waals surface area (Å²) < 4.78 is 5.86. The van der Waals surface area contributed by atoms with Crippen LogP contribution in [0.1, 0.15) is 45.2 Å². The highest BCUT2D eigenvalue weighted by Crippen LogP contribution is 2.57. The summed E-state index contributed by atoms with van der Waals surface area (Å²) >= 11 is 0. The van der Waals surface area contributed by atoms with E-state index in [0.717, 1.165) is 25.0 Å². The number of ether oxygens (including phenoxy) is 1. The number of rotatable bonds is 3. The van der Waals surface area contributed by atoms with Crippen LogP contribution in [-0.2, 0) is 9.53 Å². The monoisotopic (exact) mass is 375 g/mol. The molecule has 4 atom stereocenters. The number of amides is 1. The number of carbonyl (C=O) groups excluding carboxylic acids is 1. The lowest BCUT2D eigenvalue weighted by molar-refractivity contribution is -0.225. The fourth-order valence-electron chi connectivity index (χ4n) is 4.07. The molecule has 1 aromatic heterocycles. The minimum absolute atomic E-state index is 0. The third-order valence-corrected chi connectivity index (χ3v) is 5.59. The van der Waals surface area contributed by atoms with E-state index in [9.17, 15) is 4.79 Å². The molecule has 7 heteroatoms. The first-order chi connectivity index (χ1) is 10.4. The van der Waals surface area contributed by atoms with Gasteiger partial charge in [-0.2, -0.15) is 0 Å². The molecule has 3 N–H and O–H groups in total. The van der Waals surface area contributed by atoms with Gasteiger partial charge < -0.3 is 15.8 Å². The first-order valence-electron chi connectivity index (χ1n) is 8.00. The maximum absolute atomic E-state index is 12.9. The number of pyridine rings is 1. The predicted molar refractivity (Wildman–Crippen MR) is 98.5 cm³/mol. The van der Waals surface area contributed by atoms with Gasteiger partial charge >= 0.3 is 0 Å². The van der Waals surface area contributed by atoms with E-state index in [2.05, 4.69) is 10.3 Å². The number of hydrogen-bond acceptors (Lipinski definition) is 4. The van der Waals surface area contributed by atoms with Gasteiger partial charge in [-0.3, -0.25) is 9.78 Å². The Hall–Kier alpha value is -0.880. The summed E-state index contributed by atoms with van der Waals surface area (Å²) in [5.74, 6) is 0.0259. The Morgan fingerprint density at radius 1 is 1.46 bits per heavy atom. The lowest BCUT2D eigenvalue weighted by Crippen LogP contribution is -2.82. The molecule has 1 aliphatic carbocycles. The summed E-state index contributed by atoms with van der Waals surface area (Å²) in [5, 5.41) is 3.07. The molecule has 2 fully saturated rings. The number of hydrogen-bond donors (Lipinski definition) is 2. The zero-order chi connectivity index (χ0) is 16.0. The van der Waals surface area contributed by atoms with E-state index in [1.807, 2.05) is 32.9 Å². The lowest BCUT2D eigenvalue weighted by atomic mass is 9.46. The summed E-state index contributed by atoms with van der Waals surface area (Å²) in [6.45, 7) is 6.80. The van der Waals surface area contributed by atoms with Crippen molar-refractivity contribution in [3.05, 3.63) is 30.1 Å². The molecule has 5 nitrogen and oxygen atoms in total. The number of aromatic nitrogens is 1. The van der Waals surface area contributed by atoms with Gasteiger partial charge in [0, 0.05) is 30.3 Å². The van der Waals surface area contributed by atoms with Gasteiger partial charge in [-0.1, -0.05) is 19.9 Å². The second kappa shape index (κ2) is 7.56. The Labute approximate surface area is 155 Å². The number of nitrogens with zero attached hydrogens (tertiary/aromatic N) is 1. The van der Waals surface area contributed by atoms with Crippen LogP contribution in [-0.4, -0.2) is 29.1 Å². The molecule has 1 aromatic rings. The summed E-state index contributed by atoms with van der Waals surface area (Å²) in [4.78, 5) is 17.0. The van der Waals surface area contributed by atoms with Crippen LogP contribution in [0.25, 0.3) is 0 Å². The minimum Gasteiger partial charge on any atom is -0.377 e. The molecule has 0 spiro atoms. The molecule has 1 saturated carbocycles. The van der Waals surface area contributed by atoms with E-state index < -0.39 is 5.54 Å². The average Bonchev–Trinajstić information content (AvgIpc) is 2.54. The molecule has 2 heterocycles. The number of carbonyl (C=O) groups is 1. The lowest BCUT2D eigenvalue weighted by Gasteiger charge is -2.65. The van der Waals surface area contributed by atoms with Crippen molar-refractivity contribution < 1.29 is 9.53 Å². The highest BCUT2D eigenvalue weighted by Gasteiger charge is 2.70. The molecule has 0 radical (unpaired) electrons. The van der Waals surface area contributed by atoms with Crippen LogP contribution < -0.4 is 11.1 Å². The standard InChI is InChI=1S/C17H25N3O2.2ClH/c1-11(12-6-4-8-19-10-12)20-15(21)17(18)13-7-5-9-22-14(13)16(17,2)3;;/h4,6,8,10-11,13-14H,5,7,9,18H2,1-3H3,(H,20,21);2*1H/t11-,13?,14?,17?;;/m0../s1. The first kappa shape index (κ1) is 21.2. The summed E-state index contributed by atoms with van der Waals surface area (Å²) in [7, 11) is 0. The Kier molecular flexibility index (Phi) is 6.67.